The summed E-state index contributed by atoms with van der Waals surface area (Å²) in [6.45, 7) is 3.52. The molecule has 2 amide bonds. The van der Waals surface area contributed by atoms with Gasteiger partial charge in [-0.1, -0.05) is 24.2 Å². The van der Waals surface area contributed by atoms with Crippen LogP contribution in [0.25, 0.3) is 0 Å². The maximum atomic E-state index is 12.2. The SMILES string of the molecule is CC[C@@H](Oc1ccccc1C(N)=O)C(=O)Nc1cc(C)on1. The molecule has 7 heteroatoms. The second-order valence-corrected chi connectivity index (χ2v) is 4.69. The fourth-order valence-electron chi connectivity index (χ4n) is 1.88. The fourth-order valence-corrected chi connectivity index (χ4v) is 1.88. The largest absolute Gasteiger partial charge is 0.480 e. The summed E-state index contributed by atoms with van der Waals surface area (Å²) < 4.78 is 10.5. The summed E-state index contributed by atoms with van der Waals surface area (Å²) >= 11 is 0. The van der Waals surface area contributed by atoms with Crippen LogP contribution in [0, 0.1) is 6.92 Å². The second kappa shape index (κ2) is 6.75. The van der Waals surface area contributed by atoms with Gasteiger partial charge in [0.15, 0.2) is 11.9 Å². The van der Waals surface area contributed by atoms with Gasteiger partial charge in [0.25, 0.3) is 11.8 Å². The van der Waals surface area contributed by atoms with Gasteiger partial charge in [0.05, 0.1) is 5.56 Å². The summed E-state index contributed by atoms with van der Waals surface area (Å²) in [5.74, 6) is 0.178. The number of aryl methyl sites for hydroxylation is 1. The number of rotatable bonds is 6. The van der Waals surface area contributed by atoms with E-state index in [1.165, 1.54) is 0 Å². The number of aromatic nitrogens is 1. The van der Waals surface area contributed by atoms with Crippen molar-refractivity contribution in [1.82, 2.24) is 5.16 Å². The number of hydrogen-bond acceptors (Lipinski definition) is 5. The molecule has 1 atom stereocenters. The molecule has 116 valence electrons. The first-order chi connectivity index (χ1) is 10.5. The van der Waals surface area contributed by atoms with Gasteiger partial charge in [0, 0.05) is 6.07 Å². The molecule has 0 fully saturated rings. The van der Waals surface area contributed by atoms with Gasteiger partial charge in [0.1, 0.15) is 11.5 Å². The summed E-state index contributed by atoms with van der Waals surface area (Å²) in [6, 6.07) is 8.11. The Hall–Kier alpha value is -2.83. The molecule has 0 saturated carbocycles. The predicted octanol–water partition coefficient (Wildman–Crippen LogP) is 1.88. The molecular formula is C15H17N3O4. The van der Waals surface area contributed by atoms with Crippen LogP contribution in [-0.2, 0) is 4.79 Å². The van der Waals surface area contributed by atoms with Crippen molar-refractivity contribution in [3.05, 3.63) is 41.7 Å². The van der Waals surface area contributed by atoms with E-state index in [-0.39, 0.29) is 17.2 Å². The van der Waals surface area contributed by atoms with Gasteiger partial charge in [-0.05, 0) is 25.5 Å². The third kappa shape index (κ3) is 3.63. The van der Waals surface area contributed by atoms with Crippen molar-refractivity contribution in [2.45, 2.75) is 26.4 Å². The number of nitrogens with one attached hydrogen (secondary N) is 1. The summed E-state index contributed by atoms with van der Waals surface area (Å²) in [5.41, 5.74) is 5.52. The Bertz CT molecular complexity index is 681. The lowest BCUT2D eigenvalue weighted by atomic mass is 10.2. The first-order valence-electron chi connectivity index (χ1n) is 6.81. The van der Waals surface area contributed by atoms with E-state index in [1.54, 1.807) is 44.2 Å². The summed E-state index contributed by atoms with van der Waals surface area (Å²) in [7, 11) is 0. The molecule has 1 aromatic carbocycles. The highest BCUT2D eigenvalue weighted by atomic mass is 16.5. The predicted molar refractivity (Wildman–Crippen MR) is 79.5 cm³/mol. The zero-order valence-electron chi connectivity index (χ0n) is 12.3. The van der Waals surface area contributed by atoms with Crippen molar-refractivity contribution >= 4 is 17.6 Å². The Morgan fingerprint density at radius 3 is 2.73 bits per heavy atom. The summed E-state index contributed by atoms with van der Waals surface area (Å²) in [4.78, 5) is 23.6. The van der Waals surface area contributed by atoms with E-state index in [0.717, 1.165) is 0 Å². The van der Waals surface area contributed by atoms with Crippen LogP contribution in [-0.4, -0.2) is 23.1 Å². The zero-order valence-corrected chi connectivity index (χ0v) is 12.3. The molecule has 7 nitrogen and oxygen atoms in total. The van der Waals surface area contributed by atoms with Crippen LogP contribution in [0.5, 0.6) is 5.75 Å². The van der Waals surface area contributed by atoms with Gasteiger partial charge < -0.3 is 20.3 Å². The quantitative estimate of drug-likeness (QED) is 0.847. The fraction of sp³-hybridized carbons (Fsp3) is 0.267. The molecule has 3 N–H and O–H groups in total. The number of hydrogen-bond donors (Lipinski definition) is 2. The monoisotopic (exact) mass is 303 g/mol. The van der Waals surface area contributed by atoms with Crippen LogP contribution in [0.4, 0.5) is 5.82 Å². The van der Waals surface area contributed by atoms with Crippen molar-refractivity contribution in [3.63, 3.8) is 0 Å². The molecular weight excluding hydrogens is 286 g/mol. The highest BCUT2D eigenvalue weighted by molar-refractivity contribution is 5.96. The minimum Gasteiger partial charge on any atom is -0.480 e. The van der Waals surface area contributed by atoms with E-state index in [9.17, 15) is 9.59 Å². The topological polar surface area (TPSA) is 107 Å². The van der Waals surface area contributed by atoms with Gasteiger partial charge in [-0.25, -0.2) is 0 Å². The second-order valence-electron chi connectivity index (χ2n) is 4.69. The van der Waals surface area contributed by atoms with Crippen molar-refractivity contribution in [2.75, 3.05) is 5.32 Å². The third-order valence-electron chi connectivity index (χ3n) is 2.96. The van der Waals surface area contributed by atoms with Gasteiger partial charge in [-0.2, -0.15) is 0 Å². The Kier molecular flexibility index (Phi) is 4.77. The average molecular weight is 303 g/mol. The van der Waals surface area contributed by atoms with E-state index in [2.05, 4.69) is 10.5 Å². The van der Waals surface area contributed by atoms with Crippen LogP contribution >= 0.6 is 0 Å². The molecule has 0 saturated heterocycles. The van der Waals surface area contributed by atoms with Gasteiger partial charge in [-0.15, -0.1) is 0 Å². The number of ether oxygens (including phenoxy) is 1. The number of primary amides is 1. The highest BCUT2D eigenvalue weighted by Gasteiger charge is 2.21. The lowest BCUT2D eigenvalue weighted by molar-refractivity contribution is -0.122. The molecule has 0 radical (unpaired) electrons. The zero-order chi connectivity index (χ0) is 16.1. The maximum Gasteiger partial charge on any atom is 0.266 e. The van der Waals surface area contributed by atoms with Crippen molar-refractivity contribution in [1.29, 1.82) is 0 Å². The lowest BCUT2D eigenvalue weighted by Gasteiger charge is -2.17. The molecule has 2 rings (SSSR count). The number of nitrogens with zero attached hydrogens (tertiary/aromatic N) is 1. The van der Waals surface area contributed by atoms with E-state index < -0.39 is 12.0 Å². The third-order valence-corrected chi connectivity index (χ3v) is 2.96. The molecule has 2 aromatic rings. The normalized spacial score (nSPS) is 11.7. The van der Waals surface area contributed by atoms with Crippen LogP contribution in [0.2, 0.25) is 0 Å². The van der Waals surface area contributed by atoms with E-state index >= 15 is 0 Å². The standard InChI is InChI=1S/C15H17N3O4/c1-3-11(15(20)17-13-8-9(2)22-18-13)21-12-7-5-4-6-10(12)14(16)19/h4-8,11H,3H2,1-2H3,(H2,16,19)(H,17,18,20)/t11-/m1/s1. The summed E-state index contributed by atoms with van der Waals surface area (Å²) in [5, 5.41) is 6.29. The molecule has 1 heterocycles. The number of carbonyl (C=O) groups excluding carboxylic acids is 2. The number of amides is 2. The van der Waals surface area contributed by atoms with E-state index in [4.69, 9.17) is 15.0 Å². The number of anilines is 1. The molecule has 0 aliphatic heterocycles. The number of nitrogens with two attached hydrogens (primary N) is 1. The Morgan fingerprint density at radius 1 is 1.41 bits per heavy atom. The minimum absolute atomic E-state index is 0.228. The number of para-hydroxylation sites is 1. The molecule has 0 spiro atoms. The van der Waals surface area contributed by atoms with Crippen LogP contribution in [0.15, 0.2) is 34.9 Å². The minimum atomic E-state index is -0.780. The van der Waals surface area contributed by atoms with Gasteiger partial charge >= 0.3 is 0 Å². The number of carbonyl (C=O) groups is 2. The summed E-state index contributed by atoms with van der Waals surface area (Å²) in [6.07, 6.45) is -0.368. The van der Waals surface area contributed by atoms with E-state index in [1.807, 2.05) is 0 Å². The molecule has 0 aliphatic carbocycles. The first kappa shape index (κ1) is 15.6. The highest BCUT2D eigenvalue weighted by Crippen LogP contribution is 2.20. The van der Waals surface area contributed by atoms with Gasteiger partial charge in [-0.3, -0.25) is 9.59 Å². The number of benzene rings is 1. The Balaban J connectivity index is 2.12. The van der Waals surface area contributed by atoms with Crippen LogP contribution in [0.1, 0.15) is 29.5 Å². The maximum absolute atomic E-state index is 12.2. The van der Waals surface area contributed by atoms with Crippen molar-refractivity contribution in [2.24, 2.45) is 5.73 Å². The molecule has 1 aromatic heterocycles. The smallest absolute Gasteiger partial charge is 0.266 e. The molecule has 0 bridgehead atoms. The molecule has 0 unspecified atom stereocenters. The van der Waals surface area contributed by atoms with Gasteiger partial charge in [0.2, 0.25) is 0 Å². The Morgan fingerprint density at radius 2 is 2.14 bits per heavy atom. The van der Waals surface area contributed by atoms with Crippen LogP contribution < -0.4 is 15.8 Å². The van der Waals surface area contributed by atoms with E-state index in [0.29, 0.717) is 18.0 Å². The van der Waals surface area contributed by atoms with Crippen LogP contribution in [0.3, 0.4) is 0 Å². The van der Waals surface area contributed by atoms with Crippen molar-refractivity contribution < 1.29 is 18.8 Å². The first-order valence-corrected chi connectivity index (χ1v) is 6.81. The molecule has 22 heavy (non-hydrogen) atoms. The Labute approximate surface area is 127 Å². The van der Waals surface area contributed by atoms with Crippen molar-refractivity contribution in [3.8, 4) is 5.75 Å². The molecule has 0 aliphatic rings. The average Bonchev–Trinajstić information content (AvgIpc) is 2.90. The lowest BCUT2D eigenvalue weighted by Crippen LogP contribution is -2.33.